The van der Waals surface area contributed by atoms with Crippen molar-refractivity contribution in [2.45, 2.75) is 17.7 Å². The maximum Gasteiger partial charge on any atom is 0.328 e. The molecule has 0 spiro atoms. The number of hydrogen-bond acceptors (Lipinski definition) is 5. The first-order valence-corrected chi connectivity index (χ1v) is 10.1. The standard InChI is InChI=1S/C20H21NO6S/c1-26-17-12-14(9-10-19(22)23)13-18(20(17)27-2)28(24,25)21-11-5-7-15-6-3-4-8-16(15)21/h3-4,6,8-10,12-13H,5,7,11H2,1-2H3,(H,22,23). The summed E-state index contributed by atoms with van der Waals surface area (Å²) in [6.07, 6.45) is 3.76. The van der Waals surface area contributed by atoms with Crippen molar-refractivity contribution in [1.82, 2.24) is 0 Å². The highest BCUT2D eigenvalue weighted by molar-refractivity contribution is 7.93. The lowest BCUT2D eigenvalue weighted by atomic mass is 10.0. The normalized spacial score (nSPS) is 14.0. The van der Waals surface area contributed by atoms with Crippen molar-refractivity contribution in [3.63, 3.8) is 0 Å². The van der Waals surface area contributed by atoms with Gasteiger partial charge in [-0.25, -0.2) is 13.2 Å². The van der Waals surface area contributed by atoms with E-state index >= 15 is 0 Å². The molecule has 0 saturated carbocycles. The van der Waals surface area contributed by atoms with Gasteiger partial charge in [0, 0.05) is 12.6 Å². The summed E-state index contributed by atoms with van der Waals surface area (Å²) in [5.74, 6) is -0.846. The van der Waals surface area contributed by atoms with E-state index < -0.39 is 16.0 Å². The van der Waals surface area contributed by atoms with Gasteiger partial charge in [0.05, 0.1) is 19.9 Å². The summed E-state index contributed by atoms with van der Waals surface area (Å²) in [7, 11) is -1.20. The predicted octanol–water partition coefficient (Wildman–Crippen LogP) is 2.94. The molecule has 1 aliphatic rings. The van der Waals surface area contributed by atoms with Crippen LogP contribution in [0.5, 0.6) is 11.5 Å². The number of rotatable bonds is 6. The van der Waals surface area contributed by atoms with Gasteiger partial charge in [-0.15, -0.1) is 0 Å². The largest absolute Gasteiger partial charge is 0.493 e. The van der Waals surface area contributed by atoms with Crippen molar-refractivity contribution in [3.8, 4) is 11.5 Å². The van der Waals surface area contributed by atoms with Crippen LogP contribution < -0.4 is 13.8 Å². The van der Waals surface area contributed by atoms with E-state index in [1.54, 1.807) is 12.1 Å². The first-order valence-electron chi connectivity index (χ1n) is 8.66. The zero-order chi connectivity index (χ0) is 20.3. The topological polar surface area (TPSA) is 93.1 Å². The van der Waals surface area contributed by atoms with E-state index in [1.165, 1.54) is 36.7 Å². The fraction of sp³-hybridized carbons (Fsp3) is 0.250. The van der Waals surface area contributed by atoms with E-state index in [2.05, 4.69) is 0 Å². The van der Waals surface area contributed by atoms with Crippen LogP contribution in [-0.2, 0) is 21.2 Å². The SMILES string of the molecule is COc1cc(C=CC(=O)O)cc(S(=O)(=O)N2CCCc3ccccc32)c1OC. The van der Waals surface area contributed by atoms with Crippen LogP contribution in [0.25, 0.3) is 6.08 Å². The van der Waals surface area contributed by atoms with E-state index in [0.29, 0.717) is 24.2 Å². The molecule has 0 saturated heterocycles. The van der Waals surface area contributed by atoms with Crippen LogP contribution in [0.15, 0.2) is 47.4 Å². The van der Waals surface area contributed by atoms with E-state index in [4.69, 9.17) is 14.6 Å². The molecule has 28 heavy (non-hydrogen) atoms. The average Bonchev–Trinajstić information content (AvgIpc) is 2.70. The summed E-state index contributed by atoms with van der Waals surface area (Å²) in [5, 5.41) is 8.88. The molecule has 0 unspecified atom stereocenters. The molecule has 1 heterocycles. The van der Waals surface area contributed by atoms with Gasteiger partial charge in [-0.1, -0.05) is 18.2 Å². The third-order valence-electron chi connectivity index (χ3n) is 4.52. The van der Waals surface area contributed by atoms with Crippen LogP contribution in [0.1, 0.15) is 17.5 Å². The second-order valence-corrected chi connectivity index (χ2v) is 8.07. The first kappa shape index (κ1) is 19.8. The quantitative estimate of drug-likeness (QED) is 0.746. The molecule has 3 rings (SSSR count). The van der Waals surface area contributed by atoms with Crippen LogP contribution in [0.4, 0.5) is 5.69 Å². The predicted molar refractivity (Wildman–Crippen MR) is 106 cm³/mol. The highest BCUT2D eigenvalue weighted by atomic mass is 32.2. The molecule has 1 N–H and O–H groups in total. The Hall–Kier alpha value is -3.00. The molecule has 0 aromatic heterocycles. The minimum Gasteiger partial charge on any atom is -0.493 e. The molecular weight excluding hydrogens is 382 g/mol. The zero-order valence-electron chi connectivity index (χ0n) is 15.6. The van der Waals surface area contributed by atoms with Gasteiger partial charge in [0.2, 0.25) is 0 Å². The van der Waals surface area contributed by atoms with Gasteiger partial charge in [-0.3, -0.25) is 4.31 Å². The maximum absolute atomic E-state index is 13.5. The Kier molecular flexibility index (Phi) is 5.60. The second kappa shape index (κ2) is 7.93. The van der Waals surface area contributed by atoms with E-state index in [-0.39, 0.29) is 16.4 Å². The van der Waals surface area contributed by atoms with Gasteiger partial charge in [0.15, 0.2) is 11.5 Å². The van der Waals surface area contributed by atoms with Gasteiger partial charge in [0.1, 0.15) is 4.90 Å². The Bertz CT molecular complexity index is 1030. The summed E-state index contributed by atoms with van der Waals surface area (Å²) >= 11 is 0. The second-order valence-electron chi connectivity index (χ2n) is 6.24. The Morgan fingerprint density at radius 3 is 2.61 bits per heavy atom. The number of ether oxygens (including phenoxy) is 2. The fourth-order valence-corrected chi connectivity index (χ4v) is 5.02. The van der Waals surface area contributed by atoms with Gasteiger partial charge in [0.25, 0.3) is 10.0 Å². The number of fused-ring (bicyclic) bond motifs is 1. The maximum atomic E-state index is 13.5. The Balaban J connectivity index is 2.18. The smallest absolute Gasteiger partial charge is 0.328 e. The Morgan fingerprint density at radius 1 is 1.18 bits per heavy atom. The molecule has 0 bridgehead atoms. The van der Waals surface area contributed by atoms with Gasteiger partial charge >= 0.3 is 5.97 Å². The number of para-hydroxylation sites is 1. The van der Waals surface area contributed by atoms with E-state index in [1.807, 2.05) is 12.1 Å². The van der Waals surface area contributed by atoms with Crippen molar-refractivity contribution >= 4 is 27.8 Å². The van der Waals surface area contributed by atoms with E-state index in [0.717, 1.165) is 18.1 Å². The summed E-state index contributed by atoms with van der Waals surface area (Å²) < 4.78 is 39.1. The lowest BCUT2D eigenvalue weighted by molar-refractivity contribution is -0.131. The third-order valence-corrected chi connectivity index (χ3v) is 6.34. The van der Waals surface area contributed by atoms with Crippen LogP contribution in [0.2, 0.25) is 0 Å². The summed E-state index contributed by atoms with van der Waals surface area (Å²) in [6, 6.07) is 10.3. The number of carbonyl (C=O) groups is 1. The molecule has 1 aliphatic heterocycles. The number of aliphatic carboxylic acids is 1. The van der Waals surface area contributed by atoms with Crippen LogP contribution in [0.3, 0.4) is 0 Å². The number of nitrogens with zero attached hydrogens (tertiary/aromatic N) is 1. The Labute approximate surface area is 163 Å². The lowest BCUT2D eigenvalue weighted by Gasteiger charge is -2.31. The Morgan fingerprint density at radius 2 is 1.93 bits per heavy atom. The molecule has 148 valence electrons. The van der Waals surface area contributed by atoms with Crippen molar-refractivity contribution in [2.75, 3.05) is 25.1 Å². The van der Waals surface area contributed by atoms with Gasteiger partial charge < -0.3 is 14.6 Å². The third kappa shape index (κ3) is 3.68. The van der Waals surface area contributed by atoms with Crippen LogP contribution in [0, 0.1) is 0 Å². The number of aryl methyl sites for hydroxylation is 1. The monoisotopic (exact) mass is 403 g/mol. The van der Waals surface area contributed by atoms with Crippen molar-refractivity contribution in [2.24, 2.45) is 0 Å². The first-order chi connectivity index (χ1) is 13.4. The lowest BCUT2D eigenvalue weighted by Crippen LogP contribution is -2.35. The highest BCUT2D eigenvalue weighted by Gasteiger charge is 2.33. The zero-order valence-corrected chi connectivity index (χ0v) is 16.4. The van der Waals surface area contributed by atoms with Crippen LogP contribution >= 0.6 is 0 Å². The number of carboxylic acids is 1. The van der Waals surface area contributed by atoms with Crippen molar-refractivity contribution in [3.05, 3.63) is 53.6 Å². The molecule has 8 heteroatoms. The minimum absolute atomic E-state index is 0.0731. The highest BCUT2D eigenvalue weighted by Crippen LogP contribution is 2.40. The minimum atomic E-state index is -3.96. The average molecular weight is 403 g/mol. The summed E-state index contributed by atoms with van der Waals surface area (Å²) in [5.41, 5.74) is 1.98. The molecular formula is C20H21NO6S. The number of sulfonamides is 1. The number of anilines is 1. The van der Waals surface area contributed by atoms with Gasteiger partial charge in [-0.05, 0) is 48.2 Å². The number of carboxylic acid groups (broad SMARTS) is 1. The molecule has 0 atom stereocenters. The van der Waals surface area contributed by atoms with E-state index in [9.17, 15) is 13.2 Å². The molecule has 0 fully saturated rings. The molecule has 0 radical (unpaired) electrons. The fourth-order valence-electron chi connectivity index (χ4n) is 3.27. The number of hydrogen-bond donors (Lipinski definition) is 1. The van der Waals surface area contributed by atoms with Crippen LogP contribution in [-0.4, -0.2) is 40.3 Å². The summed E-state index contributed by atoms with van der Waals surface area (Å²) in [6.45, 7) is 0.347. The molecule has 0 amide bonds. The molecule has 2 aromatic rings. The summed E-state index contributed by atoms with van der Waals surface area (Å²) in [4.78, 5) is 10.8. The number of benzene rings is 2. The number of methoxy groups -OCH3 is 2. The molecule has 7 nitrogen and oxygen atoms in total. The van der Waals surface area contributed by atoms with Crippen molar-refractivity contribution < 1.29 is 27.8 Å². The molecule has 0 aliphatic carbocycles. The molecule has 2 aromatic carbocycles. The van der Waals surface area contributed by atoms with Gasteiger partial charge in [-0.2, -0.15) is 0 Å². The van der Waals surface area contributed by atoms with Crippen molar-refractivity contribution in [1.29, 1.82) is 0 Å².